The average molecular weight is 270 g/mol. The van der Waals surface area contributed by atoms with Crippen molar-refractivity contribution in [3.8, 4) is 0 Å². The summed E-state index contributed by atoms with van der Waals surface area (Å²) in [4.78, 5) is 19.4. The van der Waals surface area contributed by atoms with Crippen molar-refractivity contribution in [3.05, 3.63) is 17.1 Å². The Morgan fingerprint density at radius 1 is 1.39 bits per heavy atom. The van der Waals surface area contributed by atoms with E-state index in [1.54, 1.807) is 20.8 Å². The molecule has 6 heteroatoms. The van der Waals surface area contributed by atoms with Crippen LogP contribution in [0.4, 0.5) is 0 Å². The van der Waals surface area contributed by atoms with E-state index in [1.807, 2.05) is 6.92 Å². The van der Waals surface area contributed by atoms with Gasteiger partial charge in [-0.15, -0.1) is 11.8 Å². The Balaban J connectivity index is 3.04. The van der Waals surface area contributed by atoms with E-state index in [9.17, 15) is 9.90 Å². The Labute approximate surface area is 111 Å². The molecule has 1 aromatic heterocycles. The number of thioether (sulfide) groups is 1. The molecule has 0 fully saturated rings. The Hall–Kier alpha value is -1.14. The highest BCUT2D eigenvalue weighted by molar-refractivity contribution is 7.99. The molecule has 0 aromatic carbocycles. The van der Waals surface area contributed by atoms with Crippen molar-refractivity contribution < 1.29 is 15.0 Å². The number of aromatic carboxylic acids is 1. The van der Waals surface area contributed by atoms with Crippen LogP contribution < -0.4 is 0 Å². The molecule has 1 aromatic rings. The van der Waals surface area contributed by atoms with Crippen molar-refractivity contribution in [2.45, 2.75) is 44.7 Å². The van der Waals surface area contributed by atoms with Crippen molar-refractivity contribution in [2.75, 3.05) is 5.75 Å². The topological polar surface area (TPSA) is 83.3 Å². The molecule has 1 atom stereocenters. The highest BCUT2D eigenvalue weighted by Crippen LogP contribution is 2.27. The molecule has 0 bridgehead atoms. The average Bonchev–Trinajstić information content (AvgIpc) is 2.25. The van der Waals surface area contributed by atoms with Crippen molar-refractivity contribution in [1.29, 1.82) is 0 Å². The van der Waals surface area contributed by atoms with E-state index in [2.05, 4.69) is 9.97 Å². The van der Waals surface area contributed by atoms with Gasteiger partial charge in [-0.3, -0.25) is 0 Å². The summed E-state index contributed by atoms with van der Waals surface area (Å²) in [7, 11) is 0. The standard InChI is InChI=1S/C12H18N2O3S/c1-5-12(4,17)6-18-10-9(11(15)16)7(2)13-8(3)14-10/h17H,5-6H2,1-4H3,(H,15,16). The van der Waals surface area contributed by atoms with Crippen LogP contribution in [0.1, 0.15) is 42.1 Å². The van der Waals surface area contributed by atoms with Gasteiger partial charge in [-0.05, 0) is 27.2 Å². The molecule has 2 N–H and O–H groups in total. The number of carboxylic acids is 1. The molecule has 0 amide bonds. The number of carbonyl (C=O) groups is 1. The van der Waals surface area contributed by atoms with Gasteiger partial charge in [0.2, 0.25) is 0 Å². The van der Waals surface area contributed by atoms with Gasteiger partial charge in [-0.1, -0.05) is 6.92 Å². The zero-order valence-electron chi connectivity index (χ0n) is 11.0. The zero-order valence-corrected chi connectivity index (χ0v) is 11.8. The second kappa shape index (κ2) is 5.67. The highest BCUT2D eigenvalue weighted by Gasteiger charge is 2.22. The van der Waals surface area contributed by atoms with E-state index in [0.29, 0.717) is 28.7 Å². The number of hydrogen-bond donors (Lipinski definition) is 2. The minimum atomic E-state index is -1.04. The van der Waals surface area contributed by atoms with E-state index in [0.717, 1.165) is 0 Å². The van der Waals surface area contributed by atoms with Crippen LogP contribution in [0.15, 0.2) is 5.03 Å². The van der Waals surface area contributed by atoms with Crippen LogP contribution in [0.25, 0.3) is 0 Å². The molecule has 0 saturated heterocycles. The van der Waals surface area contributed by atoms with Gasteiger partial charge >= 0.3 is 5.97 Å². The Morgan fingerprint density at radius 2 is 2.00 bits per heavy atom. The first-order valence-corrected chi connectivity index (χ1v) is 6.69. The summed E-state index contributed by atoms with van der Waals surface area (Å²) >= 11 is 1.25. The fourth-order valence-electron chi connectivity index (χ4n) is 1.36. The van der Waals surface area contributed by atoms with Gasteiger partial charge in [0.15, 0.2) is 0 Å². The molecule has 0 aliphatic carbocycles. The lowest BCUT2D eigenvalue weighted by molar-refractivity contribution is 0.0688. The fraction of sp³-hybridized carbons (Fsp3) is 0.583. The SMILES string of the molecule is CCC(C)(O)CSc1nc(C)nc(C)c1C(=O)O. The Kier molecular flexibility index (Phi) is 4.70. The third-order valence-electron chi connectivity index (χ3n) is 2.66. The van der Waals surface area contributed by atoms with Crippen LogP contribution >= 0.6 is 11.8 Å². The van der Waals surface area contributed by atoms with Gasteiger partial charge < -0.3 is 10.2 Å². The third kappa shape index (κ3) is 3.68. The van der Waals surface area contributed by atoms with Gasteiger partial charge in [-0.2, -0.15) is 0 Å². The van der Waals surface area contributed by atoms with Crippen LogP contribution in [0.5, 0.6) is 0 Å². The maximum Gasteiger partial charge on any atom is 0.340 e. The molecular weight excluding hydrogens is 252 g/mol. The number of rotatable bonds is 5. The molecular formula is C12H18N2O3S. The molecule has 5 nitrogen and oxygen atoms in total. The summed E-state index contributed by atoms with van der Waals surface area (Å²) in [5.74, 6) is -0.0954. The minimum Gasteiger partial charge on any atom is -0.478 e. The first-order valence-electron chi connectivity index (χ1n) is 5.70. The molecule has 1 rings (SSSR count). The summed E-state index contributed by atoms with van der Waals surface area (Å²) in [5.41, 5.74) is -0.251. The molecule has 0 aliphatic heterocycles. The largest absolute Gasteiger partial charge is 0.478 e. The second-order valence-corrected chi connectivity index (χ2v) is 5.44. The Bertz CT molecular complexity index is 461. The predicted molar refractivity (Wildman–Crippen MR) is 70.1 cm³/mol. The maximum atomic E-state index is 11.2. The predicted octanol–water partition coefficient (Wildman–Crippen LogP) is 2.04. The quantitative estimate of drug-likeness (QED) is 0.629. The summed E-state index contributed by atoms with van der Waals surface area (Å²) < 4.78 is 0. The van der Waals surface area contributed by atoms with E-state index >= 15 is 0 Å². The monoisotopic (exact) mass is 270 g/mol. The van der Waals surface area contributed by atoms with Crippen molar-refractivity contribution in [2.24, 2.45) is 0 Å². The molecule has 18 heavy (non-hydrogen) atoms. The molecule has 0 saturated carbocycles. The zero-order chi connectivity index (χ0) is 13.9. The fourth-order valence-corrected chi connectivity index (χ4v) is 2.59. The second-order valence-electron chi connectivity index (χ2n) is 4.48. The van der Waals surface area contributed by atoms with Crippen molar-refractivity contribution in [1.82, 2.24) is 9.97 Å². The van der Waals surface area contributed by atoms with E-state index in [-0.39, 0.29) is 5.56 Å². The van der Waals surface area contributed by atoms with Crippen LogP contribution in [-0.4, -0.2) is 37.5 Å². The van der Waals surface area contributed by atoms with Gasteiger partial charge in [0, 0.05) is 5.75 Å². The first kappa shape index (κ1) is 14.9. The Morgan fingerprint density at radius 3 is 2.50 bits per heavy atom. The number of aryl methyl sites for hydroxylation is 2. The van der Waals surface area contributed by atoms with Crippen molar-refractivity contribution >= 4 is 17.7 Å². The van der Waals surface area contributed by atoms with Gasteiger partial charge in [0.1, 0.15) is 16.4 Å². The summed E-state index contributed by atoms with van der Waals surface area (Å²) in [5, 5.41) is 19.5. The van der Waals surface area contributed by atoms with Crippen LogP contribution in [-0.2, 0) is 0 Å². The van der Waals surface area contributed by atoms with E-state index in [1.165, 1.54) is 11.8 Å². The highest BCUT2D eigenvalue weighted by atomic mass is 32.2. The molecule has 1 heterocycles. The summed E-state index contributed by atoms with van der Waals surface area (Å²) in [6.45, 7) is 6.98. The lowest BCUT2D eigenvalue weighted by atomic mass is 10.1. The number of carboxylic acid groups (broad SMARTS) is 1. The lowest BCUT2D eigenvalue weighted by Gasteiger charge is -2.20. The van der Waals surface area contributed by atoms with Crippen LogP contribution in [0, 0.1) is 13.8 Å². The number of aliphatic hydroxyl groups is 1. The molecule has 100 valence electrons. The van der Waals surface area contributed by atoms with Gasteiger partial charge in [0.25, 0.3) is 0 Å². The van der Waals surface area contributed by atoms with E-state index < -0.39 is 11.6 Å². The maximum absolute atomic E-state index is 11.2. The summed E-state index contributed by atoms with van der Waals surface area (Å²) in [6, 6.07) is 0. The number of hydrogen-bond acceptors (Lipinski definition) is 5. The van der Waals surface area contributed by atoms with E-state index in [4.69, 9.17) is 5.11 Å². The van der Waals surface area contributed by atoms with Crippen LogP contribution in [0.3, 0.4) is 0 Å². The van der Waals surface area contributed by atoms with Gasteiger partial charge in [-0.25, -0.2) is 14.8 Å². The number of aromatic nitrogens is 2. The molecule has 0 spiro atoms. The van der Waals surface area contributed by atoms with Crippen LogP contribution in [0.2, 0.25) is 0 Å². The van der Waals surface area contributed by atoms with Crippen molar-refractivity contribution in [3.63, 3.8) is 0 Å². The molecule has 1 unspecified atom stereocenters. The first-order chi connectivity index (χ1) is 8.26. The summed E-state index contributed by atoms with van der Waals surface area (Å²) in [6.07, 6.45) is 0.603. The minimum absolute atomic E-state index is 0.123. The molecule has 0 radical (unpaired) electrons. The number of nitrogens with zero attached hydrogens (tertiary/aromatic N) is 2. The lowest BCUT2D eigenvalue weighted by Crippen LogP contribution is -2.26. The third-order valence-corrected chi connectivity index (χ3v) is 4.00. The smallest absolute Gasteiger partial charge is 0.340 e. The van der Waals surface area contributed by atoms with Gasteiger partial charge in [0.05, 0.1) is 11.3 Å². The molecule has 0 aliphatic rings. The normalized spacial score (nSPS) is 14.3.